The van der Waals surface area contributed by atoms with Gasteiger partial charge in [-0.2, -0.15) is 0 Å². The summed E-state index contributed by atoms with van der Waals surface area (Å²) in [6.45, 7) is 11.1. The van der Waals surface area contributed by atoms with Crippen LogP contribution in [-0.4, -0.2) is 29.2 Å². The average molecular weight is 517 g/mol. The molecule has 198 valence electrons. The Morgan fingerprint density at radius 3 is 2.56 bits per heavy atom. The molecule has 0 aromatic heterocycles. The lowest BCUT2D eigenvalue weighted by molar-refractivity contribution is -0.119. The summed E-state index contributed by atoms with van der Waals surface area (Å²) in [6.07, 6.45) is 13.3. The van der Waals surface area contributed by atoms with Crippen LogP contribution in [0.2, 0.25) is 0 Å². The van der Waals surface area contributed by atoms with Gasteiger partial charge in [-0.15, -0.1) is 11.6 Å². The van der Waals surface area contributed by atoms with Crippen LogP contribution in [0.1, 0.15) is 66.7 Å². The lowest BCUT2D eigenvalue weighted by atomic mass is 9.65. The molecule has 5 heteroatoms. The van der Waals surface area contributed by atoms with E-state index in [4.69, 9.17) is 16.3 Å². The first-order valence-electron chi connectivity index (χ1n) is 13.9. The second kappa shape index (κ2) is 11.5. The fourth-order valence-corrected chi connectivity index (χ4v) is 6.81. The molecule has 8 atom stereocenters. The van der Waals surface area contributed by atoms with Gasteiger partial charge in [0.2, 0.25) is 0 Å². The van der Waals surface area contributed by atoms with E-state index >= 15 is 0 Å². The zero-order valence-corrected chi connectivity index (χ0v) is 23.1. The van der Waals surface area contributed by atoms with Gasteiger partial charge in [-0.05, 0) is 79.3 Å². The number of fused-ring (bicyclic) bond motifs is 1. The van der Waals surface area contributed by atoms with Crippen molar-refractivity contribution in [3.8, 4) is 0 Å². The Morgan fingerprint density at radius 1 is 1.22 bits per heavy atom. The zero-order chi connectivity index (χ0) is 26.1. The van der Waals surface area contributed by atoms with E-state index in [1.54, 1.807) is 0 Å². The summed E-state index contributed by atoms with van der Waals surface area (Å²) in [6, 6.07) is 0. The van der Waals surface area contributed by atoms with E-state index in [0.717, 1.165) is 24.8 Å². The maximum Gasteiger partial charge on any atom is 0.193 e. The number of Topliss-reactive ketones (excluding diaryl/α,β-unsaturated/α-hetero) is 1. The Bertz CT molecular complexity index is 1000. The SMILES string of the molecule is CCCC(C(C)C)C1C=C(C(O)OCC)C(=O)C2=CC(CC3=C(F)C(Cl)CC=C3)C(C3CC3C)C=C21. The van der Waals surface area contributed by atoms with Crippen molar-refractivity contribution in [2.24, 2.45) is 41.4 Å². The van der Waals surface area contributed by atoms with Crippen molar-refractivity contribution in [3.05, 3.63) is 58.5 Å². The van der Waals surface area contributed by atoms with Crippen LogP contribution >= 0.6 is 11.6 Å². The highest BCUT2D eigenvalue weighted by atomic mass is 35.5. The first-order valence-corrected chi connectivity index (χ1v) is 14.3. The van der Waals surface area contributed by atoms with Crippen LogP contribution in [0.25, 0.3) is 0 Å². The van der Waals surface area contributed by atoms with E-state index in [9.17, 15) is 14.3 Å². The van der Waals surface area contributed by atoms with Gasteiger partial charge in [-0.25, -0.2) is 4.39 Å². The van der Waals surface area contributed by atoms with Crippen molar-refractivity contribution < 1.29 is 19.0 Å². The highest BCUT2D eigenvalue weighted by molar-refractivity contribution is 6.22. The summed E-state index contributed by atoms with van der Waals surface area (Å²) >= 11 is 6.23. The smallest absolute Gasteiger partial charge is 0.193 e. The van der Waals surface area contributed by atoms with Gasteiger partial charge in [0.15, 0.2) is 12.1 Å². The molecule has 0 radical (unpaired) electrons. The van der Waals surface area contributed by atoms with Crippen molar-refractivity contribution in [1.82, 2.24) is 0 Å². The van der Waals surface area contributed by atoms with Crippen molar-refractivity contribution >= 4 is 17.4 Å². The number of hydrogen-bond donors (Lipinski definition) is 1. The standard InChI is InChI=1S/C31H42ClFO3/c1-6-9-21(17(3)4)24-16-27(31(35)36-7-2)30(34)26-14-20(13-19-10-8-11-28(32)29(19)33)23(15-25(24)26)22-12-18(22)5/h8,10,14-18,20-24,28,31,35H,6-7,9,11-13H2,1-5H3. The molecule has 0 amide bonds. The van der Waals surface area contributed by atoms with Crippen molar-refractivity contribution in [2.45, 2.75) is 78.4 Å². The maximum atomic E-state index is 15.0. The fourth-order valence-electron chi connectivity index (χ4n) is 6.57. The number of rotatable bonds is 10. The van der Waals surface area contributed by atoms with Crippen LogP contribution < -0.4 is 0 Å². The Kier molecular flexibility index (Phi) is 8.79. The van der Waals surface area contributed by atoms with Crippen molar-refractivity contribution in [2.75, 3.05) is 6.61 Å². The molecular formula is C31H42ClFO3. The molecular weight excluding hydrogens is 475 g/mol. The average Bonchev–Trinajstić information content (AvgIpc) is 3.57. The van der Waals surface area contributed by atoms with E-state index in [0.29, 0.717) is 59.8 Å². The zero-order valence-electron chi connectivity index (χ0n) is 22.3. The van der Waals surface area contributed by atoms with Gasteiger partial charge >= 0.3 is 0 Å². The van der Waals surface area contributed by atoms with Gasteiger partial charge in [0.25, 0.3) is 0 Å². The van der Waals surface area contributed by atoms with E-state index in [-0.39, 0.29) is 29.4 Å². The number of ketones is 1. The van der Waals surface area contributed by atoms with Crippen LogP contribution in [-0.2, 0) is 9.53 Å². The van der Waals surface area contributed by atoms with E-state index in [1.807, 2.05) is 25.2 Å². The molecule has 1 fully saturated rings. The fraction of sp³-hybridized carbons (Fsp3) is 0.645. The lowest BCUT2D eigenvalue weighted by Crippen LogP contribution is -2.35. The summed E-state index contributed by atoms with van der Waals surface area (Å²) in [5, 5.41) is 10.1. The largest absolute Gasteiger partial charge is 0.364 e. The molecule has 0 spiro atoms. The molecule has 0 aromatic carbocycles. The lowest BCUT2D eigenvalue weighted by Gasteiger charge is -2.39. The first-order chi connectivity index (χ1) is 17.2. The van der Waals surface area contributed by atoms with Gasteiger partial charge in [0, 0.05) is 18.1 Å². The quantitative estimate of drug-likeness (QED) is 0.242. The molecule has 8 unspecified atom stereocenters. The highest BCUT2D eigenvalue weighted by Gasteiger charge is 2.46. The predicted molar refractivity (Wildman–Crippen MR) is 144 cm³/mol. The molecule has 0 aromatic rings. The summed E-state index contributed by atoms with van der Waals surface area (Å²) in [5.74, 6) is 1.89. The van der Waals surface area contributed by atoms with Crippen LogP contribution in [0.3, 0.4) is 0 Å². The summed E-state index contributed by atoms with van der Waals surface area (Å²) in [4.78, 5) is 13.7. The number of carbonyl (C=O) groups excluding carboxylic acids is 1. The Hall–Kier alpha value is -1.49. The molecule has 0 aliphatic heterocycles. The first kappa shape index (κ1) is 27.5. The third-order valence-corrected chi connectivity index (χ3v) is 9.05. The van der Waals surface area contributed by atoms with Gasteiger partial charge in [-0.3, -0.25) is 4.79 Å². The van der Waals surface area contributed by atoms with Gasteiger partial charge in [0.1, 0.15) is 5.83 Å². The van der Waals surface area contributed by atoms with Crippen molar-refractivity contribution in [3.63, 3.8) is 0 Å². The summed E-state index contributed by atoms with van der Waals surface area (Å²) < 4.78 is 20.4. The maximum absolute atomic E-state index is 15.0. The molecule has 1 N–H and O–H groups in total. The second-order valence-corrected chi connectivity index (χ2v) is 12.0. The Morgan fingerprint density at radius 2 is 1.94 bits per heavy atom. The number of alkyl halides is 1. The minimum Gasteiger partial charge on any atom is -0.364 e. The monoisotopic (exact) mass is 516 g/mol. The van der Waals surface area contributed by atoms with Crippen molar-refractivity contribution in [1.29, 1.82) is 0 Å². The number of ether oxygens (including phenoxy) is 1. The minimum absolute atomic E-state index is 0.0166. The van der Waals surface area contributed by atoms with E-state index < -0.39 is 11.7 Å². The second-order valence-electron chi connectivity index (χ2n) is 11.5. The third-order valence-electron chi connectivity index (χ3n) is 8.68. The van der Waals surface area contributed by atoms with E-state index in [1.165, 1.54) is 0 Å². The summed E-state index contributed by atoms with van der Waals surface area (Å²) in [5.41, 5.74) is 2.77. The molecule has 0 saturated heterocycles. The Labute approximate surface area is 221 Å². The summed E-state index contributed by atoms with van der Waals surface area (Å²) in [7, 11) is 0. The normalized spacial score (nSPS) is 33.7. The molecule has 4 aliphatic carbocycles. The molecule has 0 bridgehead atoms. The number of halogens is 2. The van der Waals surface area contributed by atoms with Gasteiger partial charge in [-0.1, -0.05) is 64.5 Å². The van der Waals surface area contributed by atoms with Crippen LogP contribution in [0.15, 0.2) is 58.5 Å². The molecule has 4 aliphatic rings. The molecule has 0 heterocycles. The minimum atomic E-state index is -1.24. The molecule has 1 saturated carbocycles. The highest BCUT2D eigenvalue weighted by Crippen LogP contribution is 2.54. The van der Waals surface area contributed by atoms with Crippen LogP contribution in [0.4, 0.5) is 4.39 Å². The van der Waals surface area contributed by atoms with Crippen LogP contribution in [0.5, 0.6) is 0 Å². The number of aliphatic hydroxyl groups is 1. The van der Waals surface area contributed by atoms with Crippen LogP contribution in [0, 0.1) is 41.4 Å². The number of aliphatic hydroxyl groups excluding tert-OH is 1. The molecule has 4 rings (SSSR count). The van der Waals surface area contributed by atoms with Gasteiger partial charge in [0.05, 0.1) is 11.0 Å². The topological polar surface area (TPSA) is 46.5 Å². The predicted octanol–water partition coefficient (Wildman–Crippen LogP) is 7.47. The van der Waals surface area contributed by atoms with E-state index in [2.05, 4.69) is 39.8 Å². The van der Waals surface area contributed by atoms with Gasteiger partial charge < -0.3 is 9.84 Å². The molecule has 36 heavy (non-hydrogen) atoms. The number of allylic oxidation sites excluding steroid dienone is 9. The number of hydrogen-bond acceptors (Lipinski definition) is 3. The number of carbonyl (C=O) groups is 1. The third kappa shape index (κ3) is 5.51. The Balaban J connectivity index is 1.79. The molecule has 3 nitrogen and oxygen atoms in total.